The predicted octanol–water partition coefficient (Wildman–Crippen LogP) is 4.96. The standard InChI is InChI=1S/C28H29N7O/c1-19-5-8-23(16-26(19)34-28-30-14-11-25(33-28)21-4-3-13-29-17-21)32-27(36)20-6-9-22(10-7-20)31-24-12-15-35(2)18-24/h3-11,13-14,16-17,24,31H,12,15,18H2,1-2H3,(H,32,36)(H,30,33,34). The molecule has 1 fully saturated rings. The number of carbonyl (C=O) groups is 1. The minimum atomic E-state index is -0.160. The van der Waals surface area contributed by atoms with Crippen LogP contribution in [0.5, 0.6) is 0 Å². The van der Waals surface area contributed by atoms with E-state index in [1.54, 1.807) is 18.6 Å². The minimum Gasteiger partial charge on any atom is -0.381 e. The summed E-state index contributed by atoms with van der Waals surface area (Å²) in [4.78, 5) is 28.3. The number of nitrogens with zero attached hydrogens (tertiary/aromatic N) is 4. The average molecular weight is 480 g/mol. The first-order valence-electron chi connectivity index (χ1n) is 12.0. The quantitative estimate of drug-likeness (QED) is 0.345. The lowest BCUT2D eigenvalue weighted by Crippen LogP contribution is -2.23. The molecule has 1 aliphatic heterocycles. The zero-order chi connectivity index (χ0) is 24.9. The van der Waals surface area contributed by atoms with Gasteiger partial charge in [-0.25, -0.2) is 9.97 Å². The van der Waals surface area contributed by atoms with Crippen molar-refractivity contribution >= 4 is 28.9 Å². The lowest BCUT2D eigenvalue weighted by atomic mass is 10.1. The van der Waals surface area contributed by atoms with Crippen LogP contribution in [0.3, 0.4) is 0 Å². The fraction of sp³-hybridized carbons (Fsp3) is 0.214. The number of carbonyl (C=O) groups excluding carboxylic acids is 1. The van der Waals surface area contributed by atoms with Crippen LogP contribution >= 0.6 is 0 Å². The van der Waals surface area contributed by atoms with Crippen LogP contribution in [-0.2, 0) is 0 Å². The summed E-state index contributed by atoms with van der Waals surface area (Å²) in [5.74, 6) is 0.311. The van der Waals surface area contributed by atoms with Crippen LogP contribution in [-0.4, -0.2) is 51.9 Å². The summed E-state index contributed by atoms with van der Waals surface area (Å²) in [6.45, 7) is 4.13. The highest BCUT2D eigenvalue weighted by atomic mass is 16.1. The molecule has 2 aromatic carbocycles. The Kier molecular flexibility index (Phi) is 6.86. The Morgan fingerprint density at radius 2 is 1.86 bits per heavy atom. The molecule has 0 spiro atoms. The number of aryl methyl sites for hydroxylation is 1. The van der Waals surface area contributed by atoms with E-state index in [4.69, 9.17) is 0 Å². The molecule has 1 atom stereocenters. The van der Waals surface area contributed by atoms with Crippen molar-refractivity contribution in [1.29, 1.82) is 0 Å². The van der Waals surface area contributed by atoms with E-state index in [0.29, 0.717) is 23.2 Å². The number of likely N-dealkylation sites (tertiary alicyclic amines) is 1. The summed E-state index contributed by atoms with van der Waals surface area (Å²) in [5.41, 5.74) is 5.84. The van der Waals surface area contributed by atoms with Crippen molar-refractivity contribution in [3.05, 3.63) is 90.4 Å². The number of aromatic nitrogens is 3. The average Bonchev–Trinajstić information content (AvgIpc) is 3.31. The summed E-state index contributed by atoms with van der Waals surface area (Å²) < 4.78 is 0. The van der Waals surface area contributed by atoms with Gasteiger partial charge < -0.3 is 20.9 Å². The number of hydrogen-bond donors (Lipinski definition) is 3. The Bertz CT molecular complexity index is 1340. The smallest absolute Gasteiger partial charge is 0.255 e. The minimum absolute atomic E-state index is 0.160. The number of nitrogens with one attached hydrogen (secondary N) is 3. The van der Waals surface area contributed by atoms with E-state index in [1.165, 1.54) is 0 Å². The van der Waals surface area contributed by atoms with E-state index in [1.807, 2.05) is 67.6 Å². The van der Waals surface area contributed by atoms with Crippen LogP contribution in [0.1, 0.15) is 22.3 Å². The van der Waals surface area contributed by atoms with E-state index in [2.05, 4.69) is 42.8 Å². The van der Waals surface area contributed by atoms with Gasteiger partial charge in [0.2, 0.25) is 5.95 Å². The maximum Gasteiger partial charge on any atom is 0.255 e. The van der Waals surface area contributed by atoms with Crippen LogP contribution in [0, 0.1) is 6.92 Å². The van der Waals surface area contributed by atoms with Crippen LogP contribution in [0.25, 0.3) is 11.3 Å². The van der Waals surface area contributed by atoms with Crippen molar-refractivity contribution < 1.29 is 4.79 Å². The maximum atomic E-state index is 12.9. The van der Waals surface area contributed by atoms with Crippen LogP contribution in [0.15, 0.2) is 79.3 Å². The molecule has 8 heteroatoms. The van der Waals surface area contributed by atoms with Gasteiger partial charge >= 0.3 is 0 Å². The summed E-state index contributed by atoms with van der Waals surface area (Å²) in [6.07, 6.45) is 6.33. The monoisotopic (exact) mass is 479 g/mol. The van der Waals surface area contributed by atoms with Gasteiger partial charge in [-0.2, -0.15) is 0 Å². The second kappa shape index (κ2) is 10.5. The molecule has 182 valence electrons. The third-order valence-corrected chi connectivity index (χ3v) is 6.26. The van der Waals surface area contributed by atoms with Gasteiger partial charge in [-0.1, -0.05) is 6.07 Å². The zero-order valence-electron chi connectivity index (χ0n) is 20.4. The largest absolute Gasteiger partial charge is 0.381 e. The second-order valence-electron chi connectivity index (χ2n) is 9.09. The molecule has 1 unspecified atom stereocenters. The molecule has 1 amide bonds. The summed E-state index contributed by atoms with van der Waals surface area (Å²) in [6, 6.07) is 19.5. The Labute approximate surface area is 210 Å². The molecule has 4 aromatic rings. The Morgan fingerprint density at radius 1 is 1.03 bits per heavy atom. The first kappa shape index (κ1) is 23.4. The lowest BCUT2D eigenvalue weighted by molar-refractivity contribution is 0.102. The molecule has 0 saturated carbocycles. The molecule has 8 nitrogen and oxygen atoms in total. The normalized spacial score (nSPS) is 15.4. The van der Waals surface area contributed by atoms with Gasteiger partial charge in [-0.05, 0) is 87.1 Å². The number of benzene rings is 2. The van der Waals surface area contributed by atoms with Crippen molar-refractivity contribution in [2.24, 2.45) is 0 Å². The van der Waals surface area contributed by atoms with Gasteiger partial charge in [0.05, 0.1) is 5.69 Å². The van der Waals surface area contributed by atoms with Crippen LogP contribution in [0.2, 0.25) is 0 Å². The zero-order valence-corrected chi connectivity index (χ0v) is 20.4. The number of hydrogen-bond acceptors (Lipinski definition) is 7. The van der Waals surface area contributed by atoms with Gasteiger partial charge in [-0.15, -0.1) is 0 Å². The van der Waals surface area contributed by atoms with Crippen LogP contribution in [0.4, 0.5) is 23.0 Å². The first-order valence-corrected chi connectivity index (χ1v) is 12.0. The van der Waals surface area contributed by atoms with Crippen molar-refractivity contribution in [3.63, 3.8) is 0 Å². The molecule has 2 aromatic heterocycles. The van der Waals surface area contributed by atoms with Crippen molar-refractivity contribution in [1.82, 2.24) is 19.9 Å². The fourth-order valence-corrected chi connectivity index (χ4v) is 4.26. The first-order chi connectivity index (χ1) is 17.5. The third-order valence-electron chi connectivity index (χ3n) is 6.26. The number of rotatable bonds is 7. The molecule has 5 rings (SSSR count). The highest BCUT2D eigenvalue weighted by Gasteiger charge is 2.19. The summed E-state index contributed by atoms with van der Waals surface area (Å²) in [5, 5.41) is 9.81. The second-order valence-corrected chi connectivity index (χ2v) is 9.09. The SMILES string of the molecule is Cc1ccc(NC(=O)c2ccc(NC3CCN(C)C3)cc2)cc1Nc1nccc(-c2cccnc2)n1. The molecule has 0 radical (unpaired) electrons. The topological polar surface area (TPSA) is 95.1 Å². The molecule has 1 aliphatic rings. The highest BCUT2D eigenvalue weighted by Crippen LogP contribution is 2.25. The van der Waals surface area contributed by atoms with E-state index in [9.17, 15) is 4.79 Å². The molecule has 1 saturated heterocycles. The van der Waals surface area contributed by atoms with Gasteiger partial charge in [0.25, 0.3) is 5.91 Å². The van der Waals surface area contributed by atoms with Crippen LogP contribution < -0.4 is 16.0 Å². The van der Waals surface area contributed by atoms with Crippen molar-refractivity contribution in [2.45, 2.75) is 19.4 Å². The number of pyridine rings is 1. The maximum absolute atomic E-state index is 12.9. The predicted molar refractivity (Wildman–Crippen MR) is 144 cm³/mol. The molecule has 3 N–H and O–H groups in total. The molecule has 0 aliphatic carbocycles. The van der Waals surface area contributed by atoms with E-state index in [-0.39, 0.29) is 5.91 Å². The summed E-state index contributed by atoms with van der Waals surface area (Å²) in [7, 11) is 2.13. The Hall–Kier alpha value is -4.30. The third kappa shape index (κ3) is 5.67. The van der Waals surface area contributed by atoms with Gasteiger partial charge in [-0.3, -0.25) is 9.78 Å². The summed E-state index contributed by atoms with van der Waals surface area (Å²) >= 11 is 0. The Balaban J connectivity index is 1.25. The van der Waals surface area contributed by atoms with Gasteiger partial charge in [0.1, 0.15) is 0 Å². The number of likely N-dealkylation sites (N-methyl/N-ethyl adjacent to an activating group) is 1. The van der Waals surface area contributed by atoms with E-state index in [0.717, 1.165) is 47.7 Å². The highest BCUT2D eigenvalue weighted by molar-refractivity contribution is 6.04. The molecule has 36 heavy (non-hydrogen) atoms. The van der Waals surface area contributed by atoms with Crippen molar-refractivity contribution in [3.8, 4) is 11.3 Å². The number of anilines is 4. The molecule has 0 bridgehead atoms. The van der Waals surface area contributed by atoms with E-state index < -0.39 is 0 Å². The lowest BCUT2D eigenvalue weighted by Gasteiger charge is -2.15. The number of amides is 1. The van der Waals surface area contributed by atoms with Gasteiger partial charge in [0.15, 0.2) is 0 Å². The molecular formula is C28H29N7O. The molecule has 3 heterocycles. The van der Waals surface area contributed by atoms with Crippen molar-refractivity contribution in [2.75, 3.05) is 36.1 Å². The van der Waals surface area contributed by atoms with E-state index >= 15 is 0 Å². The Morgan fingerprint density at radius 3 is 2.61 bits per heavy atom. The fourth-order valence-electron chi connectivity index (χ4n) is 4.26. The molecular weight excluding hydrogens is 450 g/mol. The van der Waals surface area contributed by atoms with Gasteiger partial charge in [0, 0.05) is 59.4 Å².